The lowest BCUT2D eigenvalue weighted by atomic mass is 10.1. The summed E-state index contributed by atoms with van der Waals surface area (Å²) >= 11 is 0. The van der Waals surface area contributed by atoms with Gasteiger partial charge in [0.05, 0.1) is 91.9 Å². The highest BCUT2D eigenvalue weighted by Crippen LogP contribution is 2.10. The van der Waals surface area contributed by atoms with Crippen molar-refractivity contribution in [1.29, 1.82) is 0 Å². The zero-order valence-corrected chi connectivity index (χ0v) is 67.1. The standard InChI is InChI=1S/C72H140N18O14/c1-67(2,3)75-59(93)49-83-29-25-81(26-30-84(50-60(94)76-68(4,5)6)34-38-87(37-33-83)53-63(97)79-71(13,14)15)23-19-21-73-57(91)47-89(55-65(99)100)41-43-103-45-46-104-44-42-90(56-66(101)102)48-58(92)74-22-20-24-82-27-31-85(51-61(95)77-69(7,8)9)35-39-88(54-64(98)80-72(16,17)18)40-36-86(32-28-82)52-62(96)78-70(10,11)12/h19-56H2,1-18H3,(H,73,91)(H,74,92)(H,75,93)(H,76,94)(H,77,95)(H,78,96)(H,79,97)(H,80,98)(H,99,100)(H,101,102). The first-order chi connectivity index (χ1) is 48.1. The first kappa shape index (κ1) is 94.3. The Bertz CT molecular complexity index is 2350. The normalized spacial score (nSPS) is 17.0. The molecule has 8 amide bonds. The predicted molar refractivity (Wildman–Crippen MR) is 404 cm³/mol. The number of aliphatic carboxylic acids is 2. The van der Waals surface area contributed by atoms with Crippen LogP contribution in [0.15, 0.2) is 0 Å². The Morgan fingerprint density at radius 1 is 0.288 bits per heavy atom. The molecule has 0 aliphatic carbocycles. The van der Waals surface area contributed by atoms with Crippen LogP contribution in [0.4, 0.5) is 0 Å². The molecule has 0 radical (unpaired) electrons. The smallest absolute Gasteiger partial charge is 0.317 e. The number of amides is 8. The molecule has 32 nitrogen and oxygen atoms in total. The number of carboxylic acid groups (broad SMARTS) is 2. The van der Waals surface area contributed by atoms with Crippen molar-refractivity contribution in [1.82, 2.24) is 91.5 Å². The van der Waals surface area contributed by atoms with Gasteiger partial charge in [0.2, 0.25) is 47.3 Å². The second-order valence-corrected chi connectivity index (χ2v) is 34.0. The van der Waals surface area contributed by atoms with Gasteiger partial charge in [-0.25, -0.2) is 0 Å². The summed E-state index contributed by atoms with van der Waals surface area (Å²) < 4.78 is 11.5. The highest BCUT2D eigenvalue weighted by Gasteiger charge is 2.28. The molecule has 2 aliphatic heterocycles. The number of nitrogens with one attached hydrogen (secondary N) is 8. The summed E-state index contributed by atoms with van der Waals surface area (Å²) in [5, 5.41) is 43.7. The molecule has 0 aromatic rings. The third-order valence-corrected chi connectivity index (χ3v) is 16.0. The molecule has 0 aromatic carbocycles. The van der Waals surface area contributed by atoms with Gasteiger partial charge >= 0.3 is 11.9 Å². The summed E-state index contributed by atoms with van der Waals surface area (Å²) in [6.45, 7) is 45.8. The fourth-order valence-electron chi connectivity index (χ4n) is 11.6. The fourth-order valence-corrected chi connectivity index (χ4v) is 11.6. The second kappa shape index (κ2) is 47.1. The van der Waals surface area contributed by atoms with Gasteiger partial charge in [-0.3, -0.25) is 87.1 Å². The molecule has 104 heavy (non-hydrogen) atoms. The molecule has 0 bridgehead atoms. The van der Waals surface area contributed by atoms with Crippen molar-refractivity contribution < 1.29 is 67.6 Å². The van der Waals surface area contributed by atoms with Crippen molar-refractivity contribution in [3.8, 4) is 0 Å². The Hall–Kier alpha value is -5.78. The number of carbonyl (C=O) groups is 10. The maximum atomic E-state index is 13.3. The molecule has 2 saturated heterocycles. The van der Waals surface area contributed by atoms with Crippen LogP contribution in [0.5, 0.6) is 0 Å². The Morgan fingerprint density at radius 3 is 0.663 bits per heavy atom. The molecule has 0 saturated carbocycles. The van der Waals surface area contributed by atoms with E-state index in [-0.39, 0.29) is 139 Å². The maximum Gasteiger partial charge on any atom is 0.317 e. The maximum absolute atomic E-state index is 13.3. The lowest BCUT2D eigenvalue weighted by molar-refractivity contribution is -0.140. The van der Waals surface area contributed by atoms with E-state index in [9.17, 15) is 58.2 Å². The first-order valence-corrected chi connectivity index (χ1v) is 37.4. The van der Waals surface area contributed by atoms with Crippen LogP contribution in [-0.2, 0) is 57.4 Å². The van der Waals surface area contributed by atoms with Gasteiger partial charge in [0.15, 0.2) is 0 Å². The largest absolute Gasteiger partial charge is 0.480 e. The highest BCUT2D eigenvalue weighted by molar-refractivity contribution is 5.82. The molecule has 32 heteroatoms. The predicted octanol–water partition coefficient (Wildman–Crippen LogP) is -1.26. The summed E-state index contributed by atoms with van der Waals surface area (Å²) in [6, 6.07) is 0. The van der Waals surface area contributed by atoms with Crippen molar-refractivity contribution in [2.45, 2.75) is 171 Å². The molecule has 602 valence electrons. The van der Waals surface area contributed by atoms with Crippen LogP contribution in [0, 0.1) is 0 Å². The van der Waals surface area contributed by atoms with Crippen LogP contribution in [0.3, 0.4) is 0 Å². The van der Waals surface area contributed by atoms with Gasteiger partial charge < -0.3 is 72.0 Å². The van der Waals surface area contributed by atoms with E-state index in [1.807, 2.05) is 125 Å². The lowest BCUT2D eigenvalue weighted by Gasteiger charge is -2.35. The Balaban J connectivity index is 2.00. The number of nitrogens with zero attached hydrogens (tertiary/aromatic N) is 10. The fraction of sp³-hybridized carbons (Fsp3) is 0.861. The van der Waals surface area contributed by atoms with E-state index in [0.29, 0.717) is 144 Å². The molecule has 0 aromatic heterocycles. The molecule has 0 spiro atoms. The number of carbonyl (C=O) groups excluding carboxylic acids is 8. The van der Waals surface area contributed by atoms with E-state index < -0.39 is 58.3 Å². The van der Waals surface area contributed by atoms with Crippen molar-refractivity contribution in [2.75, 3.05) is 236 Å². The monoisotopic (exact) mass is 1480 g/mol. The zero-order chi connectivity index (χ0) is 78.5. The summed E-state index contributed by atoms with van der Waals surface area (Å²) in [7, 11) is 0. The van der Waals surface area contributed by atoms with Gasteiger partial charge in [-0.1, -0.05) is 0 Å². The van der Waals surface area contributed by atoms with Crippen LogP contribution in [0.1, 0.15) is 137 Å². The Kier molecular flexibility index (Phi) is 42.7. The van der Waals surface area contributed by atoms with Crippen molar-refractivity contribution in [2.24, 2.45) is 0 Å². The lowest BCUT2D eigenvalue weighted by Crippen LogP contribution is -2.53. The number of carboxylic acids is 2. The van der Waals surface area contributed by atoms with Crippen LogP contribution in [0.2, 0.25) is 0 Å². The third-order valence-electron chi connectivity index (χ3n) is 16.0. The average molecular weight is 1480 g/mol. The Labute approximate surface area is 622 Å². The van der Waals surface area contributed by atoms with E-state index in [2.05, 4.69) is 81.7 Å². The molecule has 10 N–H and O–H groups in total. The van der Waals surface area contributed by atoms with Crippen molar-refractivity contribution >= 4 is 59.2 Å². The minimum absolute atomic E-state index is 0.0965. The van der Waals surface area contributed by atoms with E-state index in [1.165, 1.54) is 9.80 Å². The quantitative estimate of drug-likeness (QED) is 0.0325. The molecule has 2 heterocycles. The molecular weight excluding hydrogens is 1340 g/mol. The average Bonchev–Trinajstić information content (AvgIpc) is 0.977. The summed E-state index contributed by atoms with van der Waals surface area (Å²) in [4.78, 5) is 150. The van der Waals surface area contributed by atoms with Gasteiger partial charge in [-0.2, -0.15) is 0 Å². The van der Waals surface area contributed by atoms with Crippen LogP contribution >= 0.6 is 0 Å². The summed E-state index contributed by atoms with van der Waals surface area (Å²) in [5.74, 6) is -3.58. The Morgan fingerprint density at radius 2 is 0.481 bits per heavy atom. The number of rotatable bonds is 37. The SMILES string of the molecule is CC(C)(C)NC(=O)CN1CCN(CCCNC(=O)CN(CCOCCOCCN(CC(=O)O)CC(=O)NCCCN2CCN(CC(=O)NC(C)(C)C)CCN(CC(=O)NC(C)(C)C)CCN(CC(=O)NC(C)(C)C)CC2)CC(=O)O)CCN(CC(=O)NC(C)(C)C)CCN(CC(=O)NC(C)(C)C)CC1. The van der Waals surface area contributed by atoms with Crippen molar-refractivity contribution in [3.63, 3.8) is 0 Å². The summed E-state index contributed by atoms with van der Waals surface area (Å²) in [5.41, 5.74) is -2.53. The molecule has 2 fully saturated rings. The molecule has 0 atom stereocenters. The van der Waals surface area contributed by atoms with Gasteiger partial charge in [-0.05, 0) is 151 Å². The number of hydrogen-bond donors (Lipinski definition) is 10. The number of ether oxygens (including phenoxy) is 2. The van der Waals surface area contributed by atoms with E-state index in [0.717, 1.165) is 0 Å². The van der Waals surface area contributed by atoms with Gasteiger partial charge in [0.1, 0.15) is 0 Å². The second-order valence-electron chi connectivity index (χ2n) is 34.0. The summed E-state index contributed by atoms with van der Waals surface area (Å²) in [6.07, 6.45) is 1.13. The third kappa shape index (κ3) is 52.2. The van der Waals surface area contributed by atoms with E-state index in [4.69, 9.17) is 9.47 Å². The minimum atomic E-state index is -1.11. The van der Waals surface area contributed by atoms with Crippen LogP contribution < -0.4 is 42.5 Å². The van der Waals surface area contributed by atoms with E-state index >= 15 is 0 Å². The molecular formula is C72H140N18O14. The highest BCUT2D eigenvalue weighted by atomic mass is 16.5. The van der Waals surface area contributed by atoms with Crippen LogP contribution in [0.25, 0.3) is 0 Å². The van der Waals surface area contributed by atoms with Gasteiger partial charge in [-0.15, -0.1) is 0 Å². The molecule has 2 aliphatic rings. The molecule has 0 unspecified atom stereocenters. The minimum Gasteiger partial charge on any atom is -0.480 e. The first-order valence-electron chi connectivity index (χ1n) is 37.4. The number of hydrogen-bond acceptors (Lipinski definition) is 22. The van der Waals surface area contributed by atoms with E-state index in [1.54, 1.807) is 0 Å². The molecule has 2 rings (SSSR count). The van der Waals surface area contributed by atoms with Crippen LogP contribution in [-0.4, -0.2) is 388 Å². The zero-order valence-electron chi connectivity index (χ0n) is 67.1. The van der Waals surface area contributed by atoms with Gasteiger partial charge in [0.25, 0.3) is 0 Å². The topological polar surface area (TPSA) is 358 Å². The van der Waals surface area contributed by atoms with Gasteiger partial charge in [0, 0.05) is 164 Å². The van der Waals surface area contributed by atoms with Crippen molar-refractivity contribution in [3.05, 3.63) is 0 Å².